The van der Waals surface area contributed by atoms with Gasteiger partial charge in [-0.2, -0.15) is 0 Å². The van der Waals surface area contributed by atoms with Crippen molar-refractivity contribution in [3.8, 4) is 0 Å². The van der Waals surface area contributed by atoms with Gasteiger partial charge in [-0.15, -0.1) is 0 Å². The molecule has 0 spiro atoms. The van der Waals surface area contributed by atoms with Crippen LogP contribution in [-0.2, 0) is 30.2 Å². The van der Waals surface area contributed by atoms with Crippen LogP contribution in [0.3, 0.4) is 0 Å². The highest BCUT2D eigenvalue weighted by molar-refractivity contribution is 5.69. The molecular weight excluding hydrogens is 262 g/mol. The summed E-state index contributed by atoms with van der Waals surface area (Å²) in [4.78, 5) is 34.5. The van der Waals surface area contributed by atoms with Gasteiger partial charge in [0.2, 0.25) is 0 Å². The summed E-state index contributed by atoms with van der Waals surface area (Å²) < 4.78 is 7.26. The first-order chi connectivity index (χ1) is 9.47. The number of aryl methyl sites for hydroxylation is 1. The van der Waals surface area contributed by atoms with Gasteiger partial charge in [-0.05, 0) is 19.9 Å². The van der Waals surface area contributed by atoms with E-state index in [2.05, 4.69) is 5.32 Å². The molecule has 0 amide bonds. The molecule has 0 aliphatic rings. The highest BCUT2D eigenvalue weighted by Gasteiger charge is 2.06. The smallest absolute Gasteiger partial charge is 0.330 e. The summed E-state index contributed by atoms with van der Waals surface area (Å²) in [5, 5.41) is 3.08. The number of nitrogens with zero attached hydrogens (tertiary/aromatic N) is 2. The number of aromatic nitrogens is 2. The number of carbonyl (C=O) groups excluding carboxylic acids is 1. The van der Waals surface area contributed by atoms with Gasteiger partial charge in [0.1, 0.15) is 0 Å². The molecule has 0 saturated heterocycles. The molecule has 0 aliphatic carbocycles. The average Bonchev–Trinajstić information content (AvgIpc) is 2.42. The van der Waals surface area contributed by atoms with Crippen LogP contribution in [0.5, 0.6) is 0 Å². The standard InChI is InChI=1S/C13H21N3O4/c1-4-20-11(17)6-5-7-14-8-10-9-15(2)13(19)16(3)12(10)18/h9,14H,4-8H2,1-3H3. The van der Waals surface area contributed by atoms with Gasteiger partial charge in [0.05, 0.1) is 6.61 Å². The molecule has 112 valence electrons. The van der Waals surface area contributed by atoms with Crippen molar-refractivity contribution in [3.63, 3.8) is 0 Å². The molecule has 1 aromatic rings. The minimum Gasteiger partial charge on any atom is -0.466 e. The van der Waals surface area contributed by atoms with Crippen molar-refractivity contribution in [1.82, 2.24) is 14.5 Å². The molecular formula is C13H21N3O4. The van der Waals surface area contributed by atoms with Crippen molar-refractivity contribution in [2.45, 2.75) is 26.3 Å². The van der Waals surface area contributed by atoms with Crippen molar-refractivity contribution in [3.05, 3.63) is 32.6 Å². The quantitative estimate of drug-likeness (QED) is 0.540. The third-order valence-electron chi connectivity index (χ3n) is 2.87. The molecule has 0 fully saturated rings. The van der Waals surface area contributed by atoms with Gasteiger partial charge in [-0.1, -0.05) is 0 Å². The topological polar surface area (TPSA) is 82.3 Å². The molecule has 0 aliphatic heterocycles. The lowest BCUT2D eigenvalue weighted by molar-refractivity contribution is -0.143. The summed E-state index contributed by atoms with van der Waals surface area (Å²) >= 11 is 0. The number of hydrogen-bond donors (Lipinski definition) is 1. The van der Waals surface area contributed by atoms with E-state index in [1.807, 2.05) is 0 Å². The Kier molecular flexibility index (Phi) is 6.17. The van der Waals surface area contributed by atoms with Gasteiger partial charge in [0.15, 0.2) is 0 Å². The number of rotatable bonds is 7. The summed E-state index contributed by atoms with van der Waals surface area (Å²) in [5.41, 5.74) is -0.127. The molecule has 0 radical (unpaired) electrons. The van der Waals surface area contributed by atoms with Crippen LogP contribution in [0.4, 0.5) is 0 Å². The van der Waals surface area contributed by atoms with E-state index in [0.29, 0.717) is 38.1 Å². The Morgan fingerprint density at radius 3 is 2.70 bits per heavy atom. The van der Waals surface area contributed by atoms with Crippen LogP contribution < -0.4 is 16.6 Å². The third kappa shape index (κ3) is 4.34. The minimum absolute atomic E-state index is 0.215. The second-order valence-electron chi connectivity index (χ2n) is 4.50. The van der Waals surface area contributed by atoms with Gasteiger partial charge in [0.25, 0.3) is 5.56 Å². The van der Waals surface area contributed by atoms with E-state index in [4.69, 9.17) is 4.74 Å². The van der Waals surface area contributed by atoms with Crippen molar-refractivity contribution in [2.24, 2.45) is 14.1 Å². The van der Waals surface area contributed by atoms with Crippen molar-refractivity contribution in [2.75, 3.05) is 13.2 Å². The van der Waals surface area contributed by atoms with Crippen LogP contribution in [0.2, 0.25) is 0 Å². The molecule has 1 N–H and O–H groups in total. The van der Waals surface area contributed by atoms with Crippen LogP contribution in [0, 0.1) is 0 Å². The van der Waals surface area contributed by atoms with E-state index in [0.717, 1.165) is 4.57 Å². The van der Waals surface area contributed by atoms with Gasteiger partial charge in [-0.25, -0.2) is 4.79 Å². The fraction of sp³-hybridized carbons (Fsp3) is 0.615. The fourth-order valence-corrected chi connectivity index (χ4v) is 1.82. The molecule has 1 aromatic heterocycles. The Morgan fingerprint density at radius 1 is 1.35 bits per heavy atom. The maximum Gasteiger partial charge on any atom is 0.330 e. The van der Waals surface area contributed by atoms with E-state index in [-0.39, 0.29) is 17.2 Å². The number of ether oxygens (including phenoxy) is 1. The molecule has 0 atom stereocenters. The summed E-state index contributed by atoms with van der Waals surface area (Å²) in [7, 11) is 3.06. The highest BCUT2D eigenvalue weighted by Crippen LogP contribution is 1.93. The number of hydrogen-bond acceptors (Lipinski definition) is 5. The van der Waals surface area contributed by atoms with Crippen LogP contribution in [0.15, 0.2) is 15.8 Å². The summed E-state index contributed by atoms with van der Waals surface area (Å²) in [6, 6.07) is 0. The van der Waals surface area contributed by atoms with Crippen LogP contribution in [0.25, 0.3) is 0 Å². The van der Waals surface area contributed by atoms with Crippen LogP contribution in [0.1, 0.15) is 25.3 Å². The van der Waals surface area contributed by atoms with E-state index in [1.54, 1.807) is 14.0 Å². The molecule has 0 saturated carbocycles. The molecule has 0 unspecified atom stereocenters. The molecule has 0 bridgehead atoms. The van der Waals surface area contributed by atoms with Gasteiger partial charge >= 0.3 is 11.7 Å². The lowest BCUT2D eigenvalue weighted by Gasteiger charge is -2.08. The number of nitrogens with one attached hydrogen (secondary N) is 1. The molecule has 1 rings (SSSR count). The molecule has 1 heterocycles. The van der Waals surface area contributed by atoms with Crippen molar-refractivity contribution >= 4 is 5.97 Å². The largest absolute Gasteiger partial charge is 0.466 e. The zero-order valence-electron chi connectivity index (χ0n) is 12.1. The second-order valence-corrected chi connectivity index (χ2v) is 4.50. The monoisotopic (exact) mass is 283 g/mol. The Hall–Kier alpha value is -1.89. The van der Waals surface area contributed by atoms with Crippen LogP contribution in [-0.4, -0.2) is 28.3 Å². The van der Waals surface area contributed by atoms with Crippen LogP contribution >= 0.6 is 0 Å². The van der Waals surface area contributed by atoms with E-state index >= 15 is 0 Å². The predicted octanol–water partition coefficient (Wildman–Crippen LogP) is -0.483. The first kappa shape index (κ1) is 16.2. The second kappa shape index (κ2) is 7.64. The highest BCUT2D eigenvalue weighted by atomic mass is 16.5. The maximum absolute atomic E-state index is 11.8. The molecule has 0 aromatic carbocycles. The minimum atomic E-state index is -0.346. The fourth-order valence-electron chi connectivity index (χ4n) is 1.82. The van der Waals surface area contributed by atoms with Crippen molar-refractivity contribution < 1.29 is 9.53 Å². The van der Waals surface area contributed by atoms with Crippen molar-refractivity contribution in [1.29, 1.82) is 0 Å². The predicted molar refractivity (Wildman–Crippen MR) is 74.5 cm³/mol. The zero-order valence-corrected chi connectivity index (χ0v) is 12.1. The average molecular weight is 283 g/mol. The normalized spacial score (nSPS) is 10.6. The number of carbonyl (C=O) groups is 1. The lowest BCUT2D eigenvalue weighted by Crippen LogP contribution is -2.39. The lowest BCUT2D eigenvalue weighted by atomic mass is 10.3. The van der Waals surface area contributed by atoms with Gasteiger partial charge in [0, 0.05) is 38.8 Å². The first-order valence-corrected chi connectivity index (χ1v) is 6.59. The Balaban J connectivity index is 2.46. The Bertz CT molecular complexity index is 574. The zero-order chi connectivity index (χ0) is 15.1. The first-order valence-electron chi connectivity index (χ1n) is 6.59. The molecule has 7 heteroatoms. The van der Waals surface area contributed by atoms with E-state index in [1.165, 1.54) is 17.8 Å². The van der Waals surface area contributed by atoms with E-state index < -0.39 is 0 Å². The van der Waals surface area contributed by atoms with Gasteiger partial charge < -0.3 is 14.6 Å². The Labute approximate surface area is 117 Å². The Morgan fingerprint density at radius 2 is 2.05 bits per heavy atom. The summed E-state index contributed by atoms with van der Waals surface area (Å²) in [6.45, 7) is 3.13. The third-order valence-corrected chi connectivity index (χ3v) is 2.87. The maximum atomic E-state index is 11.8. The number of esters is 1. The molecule has 20 heavy (non-hydrogen) atoms. The summed E-state index contributed by atoms with van der Waals surface area (Å²) in [5.74, 6) is -0.215. The molecule has 7 nitrogen and oxygen atoms in total. The SMILES string of the molecule is CCOC(=O)CCCNCc1cn(C)c(=O)n(C)c1=O. The van der Waals surface area contributed by atoms with Gasteiger partial charge in [-0.3, -0.25) is 14.2 Å². The summed E-state index contributed by atoms with van der Waals surface area (Å²) in [6.07, 6.45) is 2.53. The van der Waals surface area contributed by atoms with E-state index in [9.17, 15) is 14.4 Å².